The van der Waals surface area contributed by atoms with E-state index in [4.69, 9.17) is 4.74 Å². The van der Waals surface area contributed by atoms with Crippen LogP contribution in [0.4, 0.5) is 10.1 Å². The maximum atomic E-state index is 13.5. The zero-order valence-corrected chi connectivity index (χ0v) is 21.2. The van der Waals surface area contributed by atoms with E-state index in [0.29, 0.717) is 12.1 Å². The van der Waals surface area contributed by atoms with E-state index in [1.807, 2.05) is 18.4 Å². The minimum Gasteiger partial charge on any atom is -0.383 e. The van der Waals surface area contributed by atoms with Crippen molar-refractivity contribution in [2.75, 3.05) is 26.8 Å². The lowest BCUT2D eigenvalue weighted by Crippen LogP contribution is -2.43. The Morgan fingerprint density at radius 1 is 1.03 bits per heavy atom. The van der Waals surface area contributed by atoms with E-state index >= 15 is 0 Å². The Labute approximate surface area is 213 Å². The van der Waals surface area contributed by atoms with Crippen molar-refractivity contribution in [3.05, 3.63) is 97.0 Å². The summed E-state index contributed by atoms with van der Waals surface area (Å²) in [5.41, 5.74) is 2.20. The largest absolute Gasteiger partial charge is 0.383 e. The Balaban J connectivity index is 1.86. The van der Waals surface area contributed by atoms with Crippen molar-refractivity contribution in [1.29, 1.82) is 0 Å². The second-order valence-corrected chi connectivity index (χ2v) is 9.38. The molecule has 190 valence electrons. The summed E-state index contributed by atoms with van der Waals surface area (Å²) < 4.78 is 18.5. The third-order valence-corrected chi connectivity index (χ3v) is 6.78. The van der Waals surface area contributed by atoms with Gasteiger partial charge in [0, 0.05) is 42.3 Å². The van der Waals surface area contributed by atoms with Gasteiger partial charge in [-0.2, -0.15) is 0 Å². The molecular formula is C26H28FN3O5S. The van der Waals surface area contributed by atoms with Gasteiger partial charge in [-0.15, -0.1) is 11.3 Å². The molecule has 0 aliphatic rings. The second kappa shape index (κ2) is 12.4. The lowest BCUT2D eigenvalue weighted by Gasteiger charge is -2.28. The van der Waals surface area contributed by atoms with Gasteiger partial charge in [-0.25, -0.2) is 4.39 Å². The van der Waals surface area contributed by atoms with Crippen LogP contribution in [0.3, 0.4) is 0 Å². The standard InChI is InChI=1S/C26H28FN3O5S/c1-18-4-7-21(14-23(18)30(33)34)26(32)28(11-12-35-3)17-25(31)29(16-24-19(2)10-13-36-24)15-20-5-8-22(27)9-6-20/h4-10,13-14H,11-12,15-17H2,1-3H3. The fraction of sp³-hybridized carbons (Fsp3) is 0.308. The van der Waals surface area contributed by atoms with Crippen LogP contribution in [0.1, 0.15) is 31.9 Å². The number of aryl methyl sites for hydroxylation is 2. The number of thiophene rings is 1. The molecule has 0 unspecified atom stereocenters. The molecule has 0 atom stereocenters. The van der Waals surface area contributed by atoms with Gasteiger partial charge in [-0.3, -0.25) is 19.7 Å². The Hall–Kier alpha value is -3.63. The van der Waals surface area contributed by atoms with E-state index in [2.05, 4.69) is 0 Å². The smallest absolute Gasteiger partial charge is 0.273 e. The molecule has 0 N–H and O–H groups in total. The van der Waals surface area contributed by atoms with Gasteiger partial charge < -0.3 is 14.5 Å². The Kier molecular flexibility index (Phi) is 9.26. The predicted molar refractivity (Wildman–Crippen MR) is 135 cm³/mol. The van der Waals surface area contributed by atoms with Crippen molar-refractivity contribution in [2.24, 2.45) is 0 Å². The number of carbonyl (C=O) groups excluding carboxylic acids is 2. The molecule has 0 saturated heterocycles. The first kappa shape index (κ1) is 27.0. The minimum absolute atomic E-state index is 0.121. The number of benzene rings is 2. The first-order valence-corrected chi connectivity index (χ1v) is 12.2. The highest BCUT2D eigenvalue weighted by atomic mass is 32.1. The fourth-order valence-corrected chi connectivity index (χ4v) is 4.54. The lowest BCUT2D eigenvalue weighted by molar-refractivity contribution is -0.385. The minimum atomic E-state index is -0.537. The molecule has 3 rings (SSSR count). The van der Waals surface area contributed by atoms with E-state index in [1.54, 1.807) is 24.0 Å². The first-order chi connectivity index (χ1) is 17.2. The van der Waals surface area contributed by atoms with Gasteiger partial charge >= 0.3 is 0 Å². The molecule has 0 aliphatic heterocycles. The summed E-state index contributed by atoms with van der Waals surface area (Å²) in [7, 11) is 1.49. The van der Waals surface area contributed by atoms with Crippen LogP contribution in [0.2, 0.25) is 0 Å². The van der Waals surface area contributed by atoms with Crippen LogP contribution in [0.5, 0.6) is 0 Å². The van der Waals surface area contributed by atoms with E-state index in [9.17, 15) is 24.1 Å². The zero-order valence-electron chi connectivity index (χ0n) is 20.4. The summed E-state index contributed by atoms with van der Waals surface area (Å²) in [5, 5.41) is 13.3. The molecule has 3 aromatic rings. The number of nitrogens with zero attached hydrogens (tertiary/aromatic N) is 3. The van der Waals surface area contributed by atoms with Crippen molar-refractivity contribution < 1.29 is 23.6 Å². The summed E-state index contributed by atoms with van der Waals surface area (Å²) in [6.45, 7) is 4.21. The Bertz CT molecular complexity index is 1230. The molecule has 1 aromatic heterocycles. The Morgan fingerprint density at radius 2 is 1.75 bits per heavy atom. The molecule has 0 saturated carbocycles. The second-order valence-electron chi connectivity index (χ2n) is 8.38. The molecule has 0 aliphatic carbocycles. The number of halogens is 1. The molecular weight excluding hydrogens is 485 g/mol. The summed E-state index contributed by atoms with van der Waals surface area (Å²) >= 11 is 1.53. The zero-order chi connectivity index (χ0) is 26.2. The summed E-state index contributed by atoms with van der Waals surface area (Å²) in [4.78, 5) is 41.6. The van der Waals surface area contributed by atoms with Crippen LogP contribution < -0.4 is 0 Å². The molecule has 0 bridgehead atoms. The van der Waals surface area contributed by atoms with Crippen LogP contribution >= 0.6 is 11.3 Å². The molecule has 0 spiro atoms. The van der Waals surface area contributed by atoms with Crippen molar-refractivity contribution in [2.45, 2.75) is 26.9 Å². The number of amides is 2. The molecule has 0 radical (unpaired) electrons. The fourth-order valence-electron chi connectivity index (χ4n) is 3.62. The number of nitro benzene ring substituents is 1. The van der Waals surface area contributed by atoms with Crippen molar-refractivity contribution in [3.8, 4) is 0 Å². The molecule has 8 nitrogen and oxygen atoms in total. The monoisotopic (exact) mass is 513 g/mol. The normalized spacial score (nSPS) is 10.8. The highest BCUT2D eigenvalue weighted by Crippen LogP contribution is 2.22. The van der Waals surface area contributed by atoms with Crippen LogP contribution in [0, 0.1) is 29.8 Å². The number of methoxy groups -OCH3 is 1. The van der Waals surface area contributed by atoms with Gasteiger partial charge in [0.15, 0.2) is 0 Å². The highest BCUT2D eigenvalue weighted by Gasteiger charge is 2.25. The van der Waals surface area contributed by atoms with Crippen molar-refractivity contribution in [1.82, 2.24) is 9.80 Å². The van der Waals surface area contributed by atoms with Crippen molar-refractivity contribution >= 4 is 28.8 Å². The molecule has 0 fully saturated rings. The summed E-state index contributed by atoms with van der Waals surface area (Å²) in [5.74, 6) is -1.18. The average molecular weight is 514 g/mol. The number of nitro groups is 1. The van der Waals surface area contributed by atoms with E-state index in [-0.39, 0.29) is 49.2 Å². The van der Waals surface area contributed by atoms with Gasteiger partial charge in [0.2, 0.25) is 5.91 Å². The van der Waals surface area contributed by atoms with Gasteiger partial charge in [-0.1, -0.05) is 18.2 Å². The number of ether oxygens (including phenoxy) is 1. The van der Waals surface area contributed by atoms with Crippen LogP contribution in [0.25, 0.3) is 0 Å². The van der Waals surface area contributed by atoms with Gasteiger partial charge in [0.1, 0.15) is 12.4 Å². The van der Waals surface area contributed by atoms with Crippen molar-refractivity contribution in [3.63, 3.8) is 0 Å². The number of carbonyl (C=O) groups is 2. The van der Waals surface area contributed by atoms with E-state index in [0.717, 1.165) is 16.0 Å². The van der Waals surface area contributed by atoms with Gasteiger partial charge in [0.05, 0.1) is 18.1 Å². The van der Waals surface area contributed by atoms with Gasteiger partial charge in [0.25, 0.3) is 11.6 Å². The Morgan fingerprint density at radius 3 is 2.36 bits per heavy atom. The third-order valence-electron chi connectivity index (χ3n) is 5.77. The van der Waals surface area contributed by atoms with Crippen LogP contribution in [0.15, 0.2) is 53.9 Å². The molecule has 2 amide bonds. The summed E-state index contributed by atoms with van der Waals surface area (Å²) in [6.07, 6.45) is 0. The number of hydrogen-bond acceptors (Lipinski definition) is 6. The number of hydrogen-bond donors (Lipinski definition) is 0. The lowest BCUT2D eigenvalue weighted by atomic mass is 10.1. The van der Waals surface area contributed by atoms with Crippen LogP contribution in [-0.4, -0.2) is 53.3 Å². The van der Waals surface area contributed by atoms with E-state index in [1.165, 1.54) is 53.7 Å². The average Bonchev–Trinajstić information content (AvgIpc) is 3.26. The van der Waals surface area contributed by atoms with Gasteiger partial charge in [-0.05, 0) is 54.6 Å². The molecule has 36 heavy (non-hydrogen) atoms. The molecule has 2 aromatic carbocycles. The SMILES string of the molecule is COCCN(CC(=O)N(Cc1ccc(F)cc1)Cc1sccc1C)C(=O)c1ccc(C)c([N+](=O)[O-])c1. The van der Waals surface area contributed by atoms with Crippen LogP contribution in [-0.2, 0) is 22.6 Å². The predicted octanol–water partition coefficient (Wildman–Crippen LogP) is 4.73. The first-order valence-electron chi connectivity index (χ1n) is 11.3. The third kappa shape index (κ3) is 6.96. The van der Waals surface area contributed by atoms with E-state index < -0.39 is 10.8 Å². The summed E-state index contributed by atoms with van der Waals surface area (Å²) in [6, 6.07) is 12.2. The topological polar surface area (TPSA) is 93.0 Å². The number of rotatable bonds is 11. The highest BCUT2D eigenvalue weighted by molar-refractivity contribution is 7.10. The maximum Gasteiger partial charge on any atom is 0.273 e. The quantitative estimate of drug-likeness (QED) is 0.273. The maximum absolute atomic E-state index is 13.5. The molecule has 1 heterocycles. The molecule has 10 heteroatoms.